The third-order valence-electron chi connectivity index (χ3n) is 12.1. The van der Waals surface area contributed by atoms with Gasteiger partial charge in [0, 0.05) is 39.3 Å². The molecule has 364 valence electrons. The molecule has 2 heterocycles. The van der Waals surface area contributed by atoms with E-state index >= 15 is 0 Å². The van der Waals surface area contributed by atoms with Gasteiger partial charge in [0.2, 0.25) is 5.78 Å². The number of carbonyl (C=O) groups is 5. The minimum Gasteiger partial charge on any atom is -0.465 e. The quantitative estimate of drug-likeness (QED) is 0.0302. The zero-order valence-electron chi connectivity index (χ0n) is 41.1. The van der Waals surface area contributed by atoms with Crippen molar-refractivity contribution < 1.29 is 38.2 Å². The highest BCUT2D eigenvalue weighted by Crippen LogP contribution is 2.25. The van der Waals surface area contributed by atoms with Gasteiger partial charge in [-0.3, -0.25) is 24.4 Å². The lowest BCUT2D eigenvalue weighted by Gasteiger charge is -2.15. The first-order chi connectivity index (χ1) is 34.0. The highest BCUT2D eigenvalue weighted by atomic mass is 16.5. The van der Waals surface area contributed by atoms with Crippen LogP contribution in [0.4, 0.5) is 0 Å². The summed E-state index contributed by atoms with van der Waals surface area (Å²) < 4.78 is 16.1. The summed E-state index contributed by atoms with van der Waals surface area (Å²) in [5.41, 5.74) is 1.60. The van der Waals surface area contributed by atoms with Gasteiger partial charge in [0.05, 0.1) is 37.0 Å². The molecule has 13 nitrogen and oxygen atoms in total. The molecule has 0 fully saturated rings. The van der Waals surface area contributed by atoms with E-state index in [4.69, 9.17) is 19.5 Å². The Morgan fingerprint density at radius 3 is 1.67 bits per heavy atom. The number of esters is 3. The monoisotopic (exact) mass is 945 g/mol. The van der Waals surface area contributed by atoms with Crippen molar-refractivity contribution in [1.82, 2.24) is 9.97 Å². The standard InChI is InChI=1S/C33H37N3O4.C13H7NO2.C11H19NO2/c1-4-7-9-12-19-39-32(37)27(20-34)29-24-15-10-11-16-25(24)30(31-26(29)17-13-18-36-31)28(21-35)33(38)40-22-23(6-3)14-8-5-2;15-12-8-4-1-2-5-9(8)13(16)11-10(12)6-3-7-14-11;1-3-5-6-10(4-2)9-14-11(13)7-8-12/h10-11,13,15-18,23H,4-9,12,14,19,22H2,1-3H3;1-7H;10H,3-7,9H2,1-2H3/b29-27-,30-28+;;. The minimum absolute atomic E-state index is 0.127. The molecular weight excluding hydrogens is 883 g/mol. The molecule has 1 aliphatic rings. The number of nitriles is 3. The second-order valence-corrected chi connectivity index (χ2v) is 16.9. The number of unbranched alkanes of at least 4 members (excludes halogenated alkanes) is 5. The Morgan fingerprint density at radius 1 is 0.557 bits per heavy atom. The topological polar surface area (TPSA) is 210 Å². The van der Waals surface area contributed by atoms with Gasteiger partial charge in [-0.25, -0.2) is 9.59 Å². The molecule has 2 atom stereocenters. The number of aromatic nitrogens is 2. The van der Waals surface area contributed by atoms with Crippen LogP contribution in [0.2, 0.25) is 0 Å². The van der Waals surface area contributed by atoms with Crippen LogP contribution < -0.4 is 10.4 Å². The number of carbonyl (C=O) groups excluding carboxylic acids is 5. The van der Waals surface area contributed by atoms with Crippen molar-refractivity contribution in [3.63, 3.8) is 0 Å². The summed E-state index contributed by atoms with van der Waals surface area (Å²) in [4.78, 5) is 69.9. The van der Waals surface area contributed by atoms with Crippen LogP contribution >= 0.6 is 0 Å². The van der Waals surface area contributed by atoms with Crippen LogP contribution in [0.1, 0.15) is 150 Å². The van der Waals surface area contributed by atoms with Gasteiger partial charge in [-0.05, 0) is 60.1 Å². The van der Waals surface area contributed by atoms with Crippen LogP contribution in [0.5, 0.6) is 0 Å². The molecule has 5 aromatic rings. The summed E-state index contributed by atoms with van der Waals surface area (Å²) in [5, 5.41) is 30.8. The number of hydrogen-bond donors (Lipinski definition) is 0. The van der Waals surface area contributed by atoms with Crippen molar-refractivity contribution >= 4 is 62.3 Å². The number of ether oxygens (including phenoxy) is 3. The van der Waals surface area contributed by atoms with E-state index < -0.39 is 17.9 Å². The van der Waals surface area contributed by atoms with E-state index in [1.54, 1.807) is 85.1 Å². The number of pyridine rings is 2. The largest absolute Gasteiger partial charge is 0.465 e. The molecule has 0 amide bonds. The maximum atomic E-state index is 13.3. The predicted octanol–water partition coefficient (Wildman–Crippen LogP) is 10.1. The van der Waals surface area contributed by atoms with Gasteiger partial charge >= 0.3 is 17.9 Å². The molecular formula is C57H63N5O8. The molecule has 70 heavy (non-hydrogen) atoms. The van der Waals surface area contributed by atoms with Gasteiger partial charge in [0.15, 0.2) is 5.78 Å². The molecule has 2 unspecified atom stereocenters. The third-order valence-corrected chi connectivity index (χ3v) is 12.1. The number of hydrogen-bond acceptors (Lipinski definition) is 13. The van der Waals surface area contributed by atoms with E-state index in [2.05, 4.69) is 50.7 Å². The van der Waals surface area contributed by atoms with Crippen molar-refractivity contribution in [2.45, 2.75) is 118 Å². The lowest BCUT2D eigenvalue weighted by atomic mass is 9.87. The average molecular weight is 946 g/mol. The summed E-state index contributed by atoms with van der Waals surface area (Å²) in [6.45, 7) is 11.5. The summed E-state index contributed by atoms with van der Waals surface area (Å²) in [6.07, 6.45) is 15.1. The predicted molar refractivity (Wildman–Crippen MR) is 268 cm³/mol. The first kappa shape index (κ1) is 55.0. The first-order valence-corrected chi connectivity index (χ1v) is 24.4. The lowest BCUT2D eigenvalue weighted by Crippen LogP contribution is -2.25. The van der Waals surface area contributed by atoms with E-state index in [0.29, 0.717) is 61.3 Å². The maximum Gasteiger partial charge on any atom is 0.349 e. The Kier molecular flexibility index (Phi) is 23.1. The van der Waals surface area contributed by atoms with Gasteiger partial charge in [-0.1, -0.05) is 147 Å². The van der Waals surface area contributed by atoms with Gasteiger partial charge in [-0.2, -0.15) is 15.8 Å². The zero-order valence-corrected chi connectivity index (χ0v) is 41.1. The third kappa shape index (κ3) is 14.7. The van der Waals surface area contributed by atoms with Crippen LogP contribution in [-0.2, 0) is 28.6 Å². The number of nitrogens with zero attached hydrogens (tertiary/aromatic N) is 5. The Balaban J connectivity index is 0.000000287. The van der Waals surface area contributed by atoms with E-state index in [1.807, 2.05) is 6.07 Å². The summed E-state index contributed by atoms with van der Waals surface area (Å²) in [7, 11) is 0. The van der Waals surface area contributed by atoms with Gasteiger partial charge in [0.25, 0.3) is 0 Å². The fraction of sp³-hybridized carbons (Fsp3) is 0.404. The molecule has 0 aliphatic heterocycles. The smallest absolute Gasteiger partial charge is 0.349 e. The number of rotatable bonds is 20. The normalized spacial score (nSPS) is 12.9. The van der Waals surface area contributed by atoms with Gasteiger partial charge in [-0.15, -0.1) is 0 Å². The number of ketones is 2. The van der Waals surface area contributed by atoms with Gasteiger partial charge < -0.3 is 14.2 Å². The second kappa shape index (κ2) is 29.4. The highest BCUT2D eigenvalue weighted by molar-refractivity contribution is 6.27. The molecule has 13 heteroatoms. The molecule has 0 radical (unpaired) electrons. The average Bonchev–Trinajstić information content (AvgIpc) is 3.39. The van der Waals surface area contributed by atoms with Crippen LogP contribution in [0.15, 0.2) is 85.2 Å². The molecule has 0 bridgehead atoms. The van der Waals surface area contributed by atoms with E-state index in [9.17, 15) is 34.5 Å². The van der Waals surface area contributed by atoms with Crippen molar-refractivity contribution in [2.24, 2.45) is 11.8 Å². The Labute approximate surface area is 410 Å². The van der Waals surface area contributed by atoms with Crippen LogP contribution in [0, 0.1) is 45.8 Å². The number of fused-ring (bicyclic) bond motifs is 4. The molecule has 3 aromatic carbocycles. The van der Waals surface area contributed by atoms with Gasteiger partial charge in [0.1, 0.15) is 35.4 Å². The molecule has 2 aromatic heterocycles. The molecule has 6 rings (SSSR count). The van der Waals surface area contributed by atoms with Crippen LogP contribution in [0.3, 0.4) is 0 Å². The van der Waals surface area contributed by atoms with Crippen LogP contribution in [0.25, 0.3) is 32.8 Å². The molecule has 0 N–H and O–H groups in total. The van der Waals surface area contributed by atoms with E-state index in [-0.39, 0.29) is 54.0 Å². The van der Waals surface area contributed by atoms with E-state index in [1.165, 1.54) is 19.0 Å². The Morgan fingerprint density at radius 2 is 1.07 bits per heavy atom. The minimum atomic E-state index is -0.710. The van der Waals surface area contributed by atoms with E-state index in [0.717, 1.165) is 64.2 Å². The highest BCUT2D eigenvalue weighted by Gasteiger charge is 2.30. The fourth-order valence-corrected chi connectivity index (χ4v) is 8.00. The maximum absolute atomic E-state index is 13.3. The molecule has 0 saturated carbocycles. The number of benzene rings is 3. The SMILES string of the molecule is CCCCC(CC)COC(=O)CC#N.CCCCCCOC(=O)/C(C#N)=c1/c2ccccc2/c(=C(/C#N)C(=O)OCC(CC)CCCC)c2ncccc12.O=C1c2ccccc2C(=O)c2ncccc21. The fourth-order valence-electron chi connectivity index (χ4n) is 8.00. The zero-order chi connectivity index (χ0) is 50.8. The van der Waals surface area contributed by atoms with Crippen molar-refractivity contribution in [2.75, 3.05) is 19.8 Å². The molecule has 1 aliphatic carbocycles. The lowest BCUT2D eigenvalue weighted by molar-refractivity contribution is -0.144. The summed E-state index contributed by atoms with van der Waals surface area (Å²) in [6, 6.07) is 26.5. The second-order valence-electron chi connectivity index (χ2n) is 16.9. The Bertz CT molecular complexity index is 2720. The van der Waals surface area contributed by atoms with Crippen molar-refractivity contribution in [1.29, 1.82) is 15.8 Å². The Hall–Kier alpha value is -7.56. The molecule has 0 spiro atoms. The summed E-state index contributed by atoms with van der Waals surface area (Å²) in [5.74, 6) is -1.44. The molecule has 0 saturated heterocycles. The van der Waals surface area contributed by atoms with Crippen molar-refractivity contribution in [3.05, 3.63) is 118 Å². The van der Waals surface area contributed by atoms with Crippen molar-refractivity contribution in [3.8, 4) is 18.2 Å². The van der Waals surface area contributed by atoms with Crippen LogP contribution in [-0.4, -0.2) is 59.3 Å². The first-order valence-electron chi connectivity index (χ1n) is 24.4. The summed E-state index contributed by atoms with van der Waals surface area (Å²) >= 11 is 0.